The lowest BCUT2D eigenvalue weighted by atomic mass is 10.1. The molecular weight excluding hydrogens is 402 g/mol. The summed E-state index contributed by atoms with van der Waals surface area (Å²) in [6, 6.07) is 21.1. The highest BCUT2D eigenvalue weighted by Gasteiger charge is 2.21. The molecule has 0 radical (unpaired) electrons. The van der Waals surface area contributed by atoms with Crippen LogP contribution in [0.5, 0.6) is 0 Å². The van der Waals surface area contributed by atoms with E-state index in [1.54, 1.807) is 18.2 Å². The Morgan fingerprint density at radius 3 is 2.50 bits per heavy atom. The molecule has 1 aliphatic rings. The SMILES string of the molecule is Cc1ccc(CN=C(Nc2cccc(C(=O)O)c2)N2CCN(c3ccccn3)CC2)cc1. The molecule has 2 heterocycles. The molecule has 0 bridgehead atoms. The van der Waals surface area contributed by atoms with Crippen molar-refractivity contribution in [2.45, 2.75) is 13.5 Å². The van der Waals surface area contributed by atoms with Crippen LogP contribution in [-0.2, 0) is 6.54 Å². The Kier molecular flexibility index (Phi) is 6.65. The number of aromatic carboxylic acids is 1. The van der Waals surface area contributed by atoms with Gasteiger partial charge in [-0.05, 0) is 42.8 Å². The Balaban J connectivity index is 1.52. The van der Waals surface area contributed by atoms with E-state index in [0.717, 1.165) is 43.5 Å². The first-order valence-corrected chi connectivity index (χ1v) is 10.7. The molecule has 0 aliphatic carbocycles. The summed E-state index contributed by atoms with van der Waals surface area (Å²) >= 11 is 0. The van der Waals surface area contributed by atoms with E-state index in [1.165, 1.54) is 5.56 Å². The molecule has 2 N–H and O–H groups in total. The maximum atomic E-state index is 11.4. The van der Waals surface area contributed by atoms with Crippen LogP contribution in [-0.4, -0.2) is 53.1 Å². The number of aromatic nitrogens is 1. The van der Waals surface area contributed by atoms with Gasteiger partial charge in [-0.15, -0.1) is 0 Å². The van der Waals surface area contributed by atoms with Crippen LogP contribution < -0.4 is 10.2 Å². The highest BCUT2D eigenvalue weighted by atomic mass is 16.4. The van der Waals surface area contributed by atoms with Crippen LogP contribution in [0.1, 0.15) is 21.5 Å². The number of carboxylic acids is 1. The lowest BCUT2D eigenvalue weighted by molar-refractivity contribution is 0.0697. The van der Waals surface area contributed by atoms with Gasteiger partial charge in [0.15, 0.2) is 5.96 Å². The molecule has 7 heteroatoms. The van der Waals surface area contributed by atoms with Gasteiger partial charge in [-0.25, -0.2) is 14.8 Å². The van der Waals surface area contributed by atoms with Gasteiger partial charge in [-0.2, -0.15) is 0 Å². The predicted octanol–water partition coefficient (Wildman–Crippen LogP) is 3.88. The molecule has 1 aromatic heterocycles. The molecule has 1 saturated heterocycles. The number of aryl methyl sites for hydroxylation is 1. The van der Waals surface area contributed by atoms with Gasteiger partial charge in [-0.1, -0.05) is 42.0 Å². The van der Waals surface area contributed by atoms with Gasteiger partial charge in [0.2, 0.25) is 0 Å². The van der Waals surface area contributed by atoms with E-state index in [2.05, 4.69) is 51.3 Å². The van der Waals surface area contributed by atoms with Crippen molar-refractivity contribution in [3.8, 4) is 0 Å². The van der Waals surface area contributed by atoms with Gasteiger partial charge in [-0.3, -0.25) is 0 Å². The van der Waals surface area contributed by atoms with E-state index in [1.807, 2.05) is 30.5 Å². The number of carbonyl (C=O) groups is 1. The number of guanidine groups is 1. The largest absolute Gasteiger partial charge is 0.478 e. The number of benzene rings is 2. The van der Waals surface area contributed by atoms with E-state index in [-0.39, 0.29) is 5.56 Å². The number of piperazine rings is 1. The molecule has 1 aliphatic heterocycles. The third-order valence-corrected chi connectivity index (χ3v) is 5.45. The molecule has 0 spiro atoms. The number of aliphatic imine (C=N–C) groups is 1. The minimum absolute atomic E-state index is 0.243. The zero-order valence-electron chi connectivity index (χ0n) is 18.1. The molecule has 4 rings (SSSR count). The number of hydrogen-bond acceptors (Lipinski definition) is 4. The van der Waals surface area contributed by atoms with Crippen LogP contribution in [0, 0.1) is 6.92 Å². The summed E-state index contributed by atoms with van der Waals surface area (Å²) in [4.78, 5) is 25.2. The highest BCUT2D eigenvalue weighted by molar-refractivity contribution is 5.96. The number of hydrogen-bond donors (Lipinski definition) is 2. The fourth-order valence-electron chi connectivity index (χ4n) is 3.63. The van der Waals surface area contributed by atoms with E-state index >= 15 is 0 Å². The summed E-state index contributed by atoms with van der Waals surface area (Å²) in [6.45, 7) is 5.84. The molecule has 1 fully saturated rings. The average molecular weight is 430 g/mol. The number of anilines is 2. The van der Waals surface area contributed by atoms with Crippen LogP contribution in [0.15, 0.2) is 77.9 Å². The Morgan fingerprint density at radius 1 is 1.03 bits per heavy atom. The highest BCUT2D eigenvalue weighted by Crippen LogP contribution is 2.16. The summed E-state index contributed by atoms with van der Waals surface area (Å²) in [5.74, 6) is 0.775. The van der Waals surface area contributed by atoms with Crippen LogP contribution in [0.25, 0.3) is 0 Å². The molecule has 0 amide bonds. The first-order valence-electron chi connectivity index (χ1n) is 10.7. The maximum absolute atomic E-state index is 11.4. The monoisotopic (exact) mass is 429 g/mol. The van der Waals surface area contributed by atoms with Crippen molar-refractivity contribution in [2.75, 3.05) is 36.4 Å². The van der Waals surface area contributed by atoms with Crippen molar-refractivity contribution in [3.63, 3.8) is 0 Å². The van der Waals surface area contributed by atoms with Crippen molar-refractivity contribution in [2.24, 2.45) is 4.99 Å². The number of carboxylic acid groups (broad SMARTS) is 1. The smallest absolute Gasteiger partial charge is 0.335 e. The zero-order chi connectivity index (χ0) is 22.3. The number of rotatable bonds is 5. The molecule has 3 aromatic rings. The van der Waals surface area contributed by atoms with Crippen molar-refractivity contribution in [1.82, 2.24) is 9.88 Å². The fraction of sp³-hybridized carbons (Fsp3) is 0.240. The Morgan fingerprint density at radius 2 is 1.81 bits per heavy atom. The van der Waals surface area contributed by atoms with Crippen molar-refractivity contribution < 1.29 is 9.90 Å². The molecule has 0 saturated carbocycles. The van der Waals surface area contributed by atoms with E-state index in [9.17, 15) is 9.90 Å². The number of nitrogens with one attached hydrogen (secondary N) is 1. The van der Waals surface area contributed by atoms with Crippen LogP contribution in [0.3, 0.4) is 0 Å². The molecule has 164 valence electrons. The molecule has 0 atom stereocenters. The van der Waals surface area contributed by atoms with Crippen molar-refractivity contribution in [1.29, 1.82) is 0 Å². The van der Waals surface area contributed by atoms with E-state index in [4.69, 9.17) is 4.99 Å². The minimum Gasteiger partial charge on any atom is -0.478 e. The minimum atomic E-state index is -0.948. The van der Waals surface area contributed by atoms with E-state index < -0.39 is 5.97 Å². The topological polar surface area (TPSA) is 81.1 Å². The summed E-state index contributed by atoms with van der Waals surface area (Å²) in [6.07, 6.45) is 1.81. The summed E-state index contributed by atoms with van der Waals surface area (Å²) < 4.78 is 0. The van der Waals surface area contributed by atoms with Gasteiger partial charge in [0.25, 0.3) is 0 Å². The van der Waals surface area contributed by atoms with Gasteiger partial charge in [0, 0.05) is 38.1 Å². The number of nitrogens with zero attached hydrogens (tertiary/aromatic N) is 4. The van der Waals surface area contributed by atoms with Gasteiger partial charge < -0.3 is 20.2 Å². The van der Waals surface area contributed by atoms with Gasteiger partial charge >= 0.3 is 5.97 Å². The quantitative estimate of drug-likeness (QED) is 0.473. The lowest BCUT2D eigenvalue weighted by Gasteiger charge is -2.37. The molecule has 0 unspecified atom stereocenters. The lowest BCUT2D eigenvalue weighted by Crippen LogP contribution is -2.51. The predicted molar refractivity (Wildman–Crippen MR) is 127 cm³/mol. The first kappa shape index (κ1) is 21.4. The van der Waals surface area contributed by atoms with Gasteiger partial charge in [0.05, 0.1) is 12.1 Å². The second-order valence-electron chi connectivity index (χ2n) is 7.80. The fourth-order valence-corrected chi connectivity index (χ4v) is 3.63. The molecule has 32 heavy (non-hydrogen) atoms. The van der Waals surface area contributed by atoms with Crippen LogP contribution in [0.2, 0.25) is 0 Å². The molecule has 2 aromatic carbocycles. The summed E-state index contributed by atoms with van der Waals surface area (Å²) in [7, 11) is 0. The average Bonchev–Trinajstić information content (AvgIpc) is 2.83. The Bertz CT molecular complexity index is 1080. The third kappa shape index (κ3) is 5.43. The van der Waals surface area contributed by atoms with Crippen LogP contribution in [0.4, 0.5) is 11.5 Å². The summed E-state index contributed by atoms with van der Waals surface area (Å²) in [5, 5.41) is 12.7. The maximum Gasteiger partial charge on any atom is 0.335 e. The number of pyridine rings is 1. The third-order valence-electron chi connectivity index (χ3n) is 5.45. The molecule has 7 nitrogen and oxygen atoms in total. The first-order chi connectivity index (χ1) is 15.6. The normalized spacial score (nSPS) is 14.3. The van der Waals surface area contributed by atoms with Gasteiger partial charge in [0.1, 0.15) is 5.82 Å². The second kappa shape index (κ2) is 9.96. The second-order valence-corrected chi connectivity index (χ2v) is 7.80. The Hall–Kier alpha value is -3.87. The van der Waals surface area contributed by atoms with E-state index in [0.29, 0.717) is 12.2 Å². The zero-order valence-corrected chi connectivity index (χ0v) is 18.1. The van der Waals surface area contributed by atoms with Crippen molar-refractivity contribution in [3.05, 3.63) is 89.6 Å². The summed E-state index contributed by atoms with van der Waals surface area (Å²) in [5.41, 5.74) is 3.29. The van der Waals surface area contributed by atoms with Crippen LogP contribution >= 0.6 is 0 Å². The van der Waals surface area contributed by atoms with Crippen molar-refractivity contribution >= 4 is 23.4 Å². The standard InChI is InChI=1S/C25H27N5O2/c1-19-8-10-20(11-9-19)18-27-25(28-22-6-4-5-21(17-22)24(31)32)30-15-13-29(14-16-30)23-7-2-3-12-26-23/h2-12,17H,13-16,18H2,1H3,(H,27,28)(H,31,32). The molecular formula is C25H27N5O2. The Labute approximate surface area is 188 Å².